The quantitative estimate of drug-likeness (QED) is 0.834. The zero-order chi connectivity index (χ0) is 19.4. The monoisotopic (exact) mass is 393 g/mol. The lowest BCUT2D eigenvalue weighted by atomic mass is 9.96. The molecule has 0 unspecified atom stereocenters. The van der Waals surface area contributed by atoms with Crippen LogP contribution in [0.5, 0.6) is 0 Å². The summed E-state index contributed by atoms with van der Waals surface area (Å²) in [5, 5.41) is 3.26. The molecule has 6 nitrogen and oxygen atoms in total. The molecule has 2 aliphatic rings. The first kappa shape index (κ1) is 20.3. The van der Waals surface area contributed by atoms with E-state index >= 15 is 0 Å². The first-order chi connectivity index (χ1) is 12.9. The predicted octanol–water partition coefficient (Wildman–Crippen LogP) is 2.46. The molecule has 1 aliphatic carbocycles. The summed E-state index contributed by atoms with van der Waals surface area (Å²) >= 11 is 0. The maximum atomic E-state index is 12.9. The molecule has 0 bridgehead atoms. The molecule has 1 amide bonds. The van der Waals surface area contributed by atoms with Crippen molar-refractivity contribution >= 4 is 15.9 Å². The fourth-order valence-electron chi connectivity index (χ4n) is 4.13. The lowest BCUT2D eigenvalue weighted by Crippen LogP contribution is -2.44. The molecule has 1 aliphatic heterocycles. The van der Waals surface area contributed by atoms with Crippen molar-refractivity contribution in [1.82, 2.24) is 14.5 Å². The van der Waals surface area contributed by atoms with Gasteiger partial charge in [-0.25, -0.2) is 8.42 Å². The molecule has 2 fully saturated rings. The summed E-state index contributed by atoms with van der Waals surface area (Å²) in [5.74, 6) is -0.0193. The van der Waals surface area contributed by atoms with Crippen molar-refractivity contribution in [3.63, 3.8) is 0 Å². The topological polar surface area (TPSA) is 69.7 Å². The van der Waals surface area contributed by atoms with Crippen LogP contribution in [-0.2, 0) is 10.0 Å². The summed E-state index contributed by atoms with van der Waals surface area (Å²) < 4.78 is 27.3. The third-order valence-electron chi connectivity index (χ3n) is 6.06. The van der Waals surface area contributed by atoms with Gasteiger partial charge in [0.15, 0.2) is 0 Å². The summed E-state index contributed by atoms with van der Waals surface area (Å²) in [6, 6.07) is 6.99. The first-order valence-corrected chi connectivity index (χ1v) is 11.4. The maximum absolute atomic E-state index is 12.9. The highest BCUT2D eigenvalue weighted by atomic mass is 32.2. The average molecular weight is 394 g/mol. The number of nitrogens with one attached hydrogen (secondary N) is 1. The molecule has 0 atom stereocenters. The van der Waals surface area contributed by atoms with Gasteiger partial charge in [0, 0.05) is 37.8 Å². The molecule has 3 rings (SSSR count). The zero-order valence-electron chi connectivity index (χ0n) is 16.4. The molecule has 27 heavy (non-hydrogen) atoms. The number of piperidine rings is 1. The second kappa shape index (κ2) is 8.71. The van der Waals surface area contributed by atoms with Gasteiger partial charge in [-0.05, 0) is 57.0 Å². The lowest BCUT2D eigenvalue weighted by molar-refractivity contribution is 0.0707. The van der Waals surface area contributed by atoms with Gasteiger partial charge in [-0.1, -0.05) is 19.3 Å². The van der Waals surface area contributed by atoms with Crippen LogP contribution in [0.2, 0.25) is 0 Å². The Labute approximate surface area is 163 Å². The molecule has 1 aromatic carbocycles. The zero-order valence-corrected chi connectivity index (χ0v) is 17.2. The van der Waals surface area contributed by atoms with Gasteiger partial charge in [0.25, 0.3) is 5.91 Å². The number of hydrogen-bond donors (Lipinski definition) is 1. The summed E-state index contributed by atoms with van der Waals surface area (Å²) in [5.41, 5.74) is 0.553. The molecular formula is C20H31N3O3S. The number of likely N-dealkylation sites (tertiary alicyclic amines) is 1. The minimum absolute atomic E-state index is 0.0193. The molecule has 1 heterocycles. The van der Waals surface area contributed by atoms with Crippen LogP contribution < -0.4 is 5.32 Å². The maximum Gasteiger partial charge on any atom is 0.253 e. The van der Waals surface area contributed by atoms with Crippen molar-refractivity contribution in [3.05, 3.63) is 29.8 Å². The van der Waals surface area contributed by atoms with E-state index in [1.807, 2.05) is 11.9 Å². The highest BCUT2D eigenvalue weighted by Crippen LogP contribution is 2.26. The van der Waals surface area contributed by atoms with E-state index in [0.29, 0.717) is 11.6 Å². The molecule has 0 radical (unpaired) electrons. The van der Waals surface area contributed by atoms with Gasteiger partial charge in [-0.3, -0.25) is 4.79 Å². The Morgan fingerprint density at radius 1 is 1.04 bits per heavy atom. The summed E-state index contributed by atoms with van der Waals surface area (Å²) in [7, 11) is 0.110. The van der Waals surface area contributed by atoms with E-state index in [-0.39, 0.29) is 16.8 Å². The minimum Gasteiger partial charge on any atom is -0.339 e. The van der Waals surface area contributed by atoms with E-state index in [2.05, 4.69) is 5.32 Å². The molecule has 1 aromatic rings. The van der Waals surface area contributed by atoms with E-state index in [9.17, 15) is 13.2 Å². The van der Waals surface area contributed by atoms with Crippen LogP contribution in [0.3, 0.4) is 0 Å². The van der Waals surface area contributed by atoms with E-state index < -0.39 is 10.0 Å². The highest BCUT2D eigenvalue weighted by molar-refractivity contribution is 7.89. The Bertz CT molecular complexity index is 734. The summed E-state index contributed by atoms with van der Waals surface area (Å²) in [4.78, 5) is 14.8. The fraction of sp³-hybridized carbons (Fsp3) is 0.650. The van der Waals surface area contributed by atoms with Crippen molar-refractivity contribution in [3.8, 4) is 0 Å². The number of carbonyl (C=O) groups is 1. The van der Waals surface area contributed by atoms with Gasteiger partial charge in [-0.15, -0.1) is 0 Å². The van der Waals surface area contributed by atoms with Crippen molar-refractivity contribution in [1.29, 1.82) is 0 Å². The fourth-order valence-corrected chi connectivity index (χ4v) is 5.55. The van der Waals surface area contributed by atoms with Crippen molar-refractivity contribution in [2.75, 3.05) is 27.2 Å². The van der Waals surface area contributed by atoms with Crippen LogP contribution in [0, 0.1) is 0 Å². The van der Waals surface area contributed by atoms with Crippen molar-refractivity contribution in [2.45, 2.75) is 61.9 Å². The number of hydrogen-bond acceptors (Lipinski definition) is 4. The van der Waals surface area contributed by atoms with Gasteiger partial charge < -0.3 is 10.2 Å². The van der Waals surface area contributed by atoms with Crippen molar-refractivity contribution in [2.24, 2.45) is 0 Å². The minimum atomic E-state index is -3.52. The number of rotatable bonds is 5. The average Bonchev–Trinajstić information content (AvgIpc) is 2.73. The van der Waals surface area contributed by atoms with Gasteiger partial charge in [0.1, 0.15) is 0 Å². The Balaban J connectivity index is 1.68. The summed E-state index contributed by atoms with van der Waals surface area (Å²) in [6.45, 7) is 1.46. The third-order valence-corrected chi connectivity index (χ3v) is 7.98. The van der Waals surface area contributed by atoms with Crippen LogP contribution >= 0.6 is 0 Å². The Hall–Kier alpha value is -1.44. The molecule has 7 heteroatoms. The molecular weight excluding hydrogens is 362 g/mol. The lowest BCUT2D eigenvalue weighted by Gasteiger charge is -2.32. The standard InChI is InChI=1S/C20H31N3O3S/c1-21-17-12-14-23(15-13-17)20(24)16-8-10-19(11-9-16)27(25,26)22(2)18-6-4-3-5-7-18/h8-11,17-18,21H,3-7,12-15H2,1-2H3. The molecule has 0 spiro atoms. The highest BCUT2D eigenvalue weighted by Gasteiger charge is 2.29. The van der Waals surface area contributed by atoms with E-state index in [1.165, 1.54) is 10.7 Å². The van der Waals surface area contributed by atoms with Crippen LogP contribution in [0.25, 0.3) is 0 Å². The number of sulfonamides is 1. The molecule has 1 N–H and O–H groups in total. The van der Waals surface area contributed by atoms with Gasteiger partial charge >= 0.3 is 0 Å². The largest absolute Gasteiger partial charge is 0.339 e. The third kappa shape index (κ3) is 4.52. The van der Waals surface area contributed by atoms with Crippen LogP contribution in [0.15, 0.2) is 29.2 Å². The summed E-state index contributed by atoms with van der Waals surface area (Å²) in [6.07, 6.45) is 7.10. The SMILES string of the molecule is CNC1CCN(C(=O)c2ccc(S(=O)(=O)N(C)C3CCCCC3)cc2)CC1. The second-order valence-electron chi connectivity index (χ2n) is 7.69. The normalized spacial score (nSPS) is 20.2. The van der Waals surface area contributed by atoms with Gasteiger partial charge in [0.2, 0.25) is 10.0 Å². The predicted molar refractivity (Wildman–Crippen MR) is 106 cm³/mol. The molecule has 150 valence electrons. The molecule has 1 saturated carbocycles. The number of nitrogens with zero attached hydrogens (tertiary/aromatic N) is 2. The Kier molecular flexibility index (Phi) is 6.55. The van der Waals surface area contributed by atoms with Gasteiger partial charge in [-0.2, -0.15) is 4.31 Å². The van der Waals surface area contributed by atoms with Crippen molar-refractivity contribution < 1.29 is 13.2 Å². The van der Waals surface area contributed by atoms with Crippen LogP contribution in [-0.4, -0.2) is 62.8 Å². The molecule has 1 saturated heterocycles. The Morgan fingerprint density at radius 3 is 2.19 bits per heavy atom. The van der Waals surface area contributed by atoms with E-state index in [1.54, 1.807) is 31.3 Å². The van der Waals surface area contributed by atoms with Gasteiger partial charge in [0.05, 0.1) is 4.90 Å². The smallest absolute Gasteiger partial charge is 0.253 e. The van der Waals surface area contributed by atoms with Crippen LogP contribution in [0.4, 0.5) is 0 Å². The number of carbonyl (C=O) groups excluding carboxylic acids is 1. The Morgan fingerprint density at radius 2 is 1.63 bits per heavy atom. The van der Waals surface area contributed by atoms with E-state index in [4.69, 9.17) is 0 Å². The van der Waals surface area contributed by atoms with E-state index in [0.717, 1.165) is 51.6 Å². The second-order valence-corrected chi connectivity index (χ2v) is 9.69. The first-order valence-electron chi connectivity index (χ1n) is 9.98. The molecule has 0 aromatic heterocycles. The van der Waals surface area contributed by atoms with Crippen LogP contribution in [0.1, 0.15) is 55.3 Å². The number of amides is 1. The number of benzene rings is 1.